The largest absolute Gasteiger partial charge is 0.488 e. The predicted molar refractivity (Wildman–Crippen MR) is 92.4 cm³/mol. The Hall–Kier alpha value is -2.34. The van der Waals surface area contributed by atoms with E-state index in [4.69, 9.17) is 9.47 Å². The van der Waals surface area contributed by atoms with Gasteiger partial charge in [0.2, 0.25) is 0 Å². The topological polar surface area (TPSA) is 64.6 Å². The molecule has 0 spiro atoms. The van der Waals surface area contributed by atoms with E-state index in [0.29, 0.717) is 24.1 Å². The summed E-state index contributed by atoms with van der Waals surface area (Å²) in [5, 5.41) is 2.88. The van der Waals surface area contributed by atoms with Crippen molar-refractivity contribution in [1.29, 1.82) is 0 Å². The van der Waals surface area contributed by atoms with Gasteiger partial charge in [-0.15, -0.1) is 0 Å². The lowest BCUT2D eigenvalue weighted by molar-refractivity contribution is 0.0600. The minimum absolute atomic E-state index is 0.153. The fourth-order valence-corrected chi connectivity index (χ4v) is 3.09. The van der Waals surface area contributed by atoms with Crippen LogP contribution in [0.5, 0.6) is 5.75 Å². The van der Waals surface area contributed by atoms with Crippen LogP contribution in [0.4, 0.5) is 0 Å². The van der Waals surface area contributed by atoms with Crippen molar-refractivity contribution in [2.24, 2.45) is 0 Å². The Morgan fingerprint density at radius 1 is 1.29 bits per heavy atom. The van der Waals surface area contributed by atoms with Gasteiger partial charge >= 0.3 is 5.97 Å². The van der Waals surface area contributed by atoms with Gasteiger partial charge < -0.3 is 14.8 Å². The zero-order valence-electron chi connectivity index (χ0n) is 13.0. The van der Waals surface area contributed by atoms with Gasteiger partial charge in [0.05, 0.1) is 24.8 Å². The van der Waals surface area contributed by atoms with Crippen LogP contribution in [0.25, 0.3) is 0 Å². The zero-order chi connectivity index (χ0) is 17.1. The minimum Gasteiger partial charge on any atom is -0.488 e. The SMILES string of the molecule is COC(=O)c1ccc2c(c1)C[C@H](CNC(=O)c1ccccc1Br)O2. The van der Waals surface area contributed by atoms with Gasteiger partial charge in [-0.05, 0) is 51.8 Å². The molecule has 0 fully saturated rings. The van der Waals surface area contributed by atoms with Crippen molar-refractivity contribution in [2.45, 2.75) is 12.5 Å². The molecule has 0 aromatic heterocycles. The van der Waals surface area contributed by atoms with Crippen LogP contribution in [0.2, 0.25) is 0 Å². The van der Waals surface area contributed by atoms with E-state index in [0.717, 1.165) is 15.8 Å². The fourth-order valence-electron chi connectivity index (χ4n) is 2.63. The van der Waals surface area contributed by atoms with Gasteiger partial charge in [0.15, 0.2) is 0 Å². The number of hydrogen-bond acceptors (Lipinski definition) is 4. The van der Waals surface area contributed by atoms with Crippen LogP contribution in [0, 0.1) is 0 Å². The molecule has 1 heterocycles. The van der Waals surface area contributed by atoms with Gasteiger partial charge in [-0.25, -0.2) is 4.79 Å². The number of hydrogen-bond donors (Lipinski definition) is 1. The molecule has 6 heteroatoms. The monoisotopic (exact) mass is 389 g/mol. The lowest BCUT2D eigenvalue weighted by Gasteiger charge is -2.12. The van der Waals surface area contributed by atoms with Crippen LogP contribution in [0.1, 0.15) is 26.3 Å². The highest BCUT2D eigenvalue weighted by Crippen LogP contribution is 2.29. The van der Waals surface area contributed by atoms with Crippen molar-refractivity contribution in [3.63, 3.8) is 0 Å². The number of carbonyl (C=O) groups excluding carboxylic acids is 2. The molecule has 1 aliphatic rings. The summed E-state index contributed by atoms with van der Waals surface area (Å²) in [7, 11) is 1.35. The van der Waals surface area contributed by atoms with Crippen LogP contribution in [0.3, 0.4) is 0 Å². The molecule has 1 amide bonds. The number of rotatable bonds is 4. The van der Waals surface area contributed by atoms with Crippen LogP contribution in [-0.4, -0.2) is 31.6 Å². The number of amides is 1. The third-order valence-electron chi connectivity index (χ3n) is 3.83. The molecule has 2 aromatic rings. The van der Waals surface area contributed by atoms with Crippen molar-refractivity contribution >= 4 is 27.8 Å². The number of benzene rings is 2. The Bertz CT molecular complexity index is 790. The average molecular weight is 390 g/mol. The lowest BCUT2D eigenvalue weighted by Crippen LogP contribution is -2.34. The predicted octanol–water partition coefficient (Wildman–Crippen LogP) is 2.97. The van der Waals surface area contributed by atoms with E-state index in [1.54, 1.807) is 24.3 Å². The maximum Gasteiger partial charge on any atom is 0.337 e. The summed E-state index contributed by atoms with van der Waals surface area (Å²) in [5.74, 6) is 0.212. The van der Waals surface area contributed by atoms with E-state index in [1.807, 2.05) is 18.2 Å². The number of nitrogens with one attached hydrogen (secondary N) is 1. The summed E-state index contributed by atoms with van der Waals surface area (Å²) >= 11 is 3.37. The van der Waals surface area contributed by atoms with Crippen molar-refractivity contribution < 1.29 is 19.1 Å². The number of ether oxygens (including phenoxy) is 2. The first kappa shape index (κ1) is 16.5. The van der Waals surface area contributed by atoms with Crippen molar-refractivity contribution in [2.75, 3.05) is 13.7 Å². The standard InChI is InChI=1S/C18H16BrNO4/c1-23-18(22)11-6-7-16-12(8-11)9-13(24-16)10-20-17(21)14-4-2-3-5-15(14)19/h2-8,13H,9-10H2,1H3,(H,20,21)/t13-/m1/s1. The molecule has 0 saturated carbocycles. The molecule has 2 aromatic carbocycles. The minimum atomic E-state index is -0.372. The van der Waals surface area contributed by atoms with Gasteiger partial charge in [-0.2, -0.15) is 0 Å². The van der Waals surface area contributed by atoms with E-state index < -0.39 is 0 Å². The molecule has 1 atom stereocenters. The fraction of sp³-hybridized carbons (Fsp3) is 0.222. The third-order valence-corrected chi connectivity index (χ3v) is 4.52. The smallest absolute Gasteiger partial charge is 0.337 e. The normalized spacial score (nSPS) is 15.3. The third kappa shape index (κ3) is 3.43. The van der Waals surface area contributed by atoms with Gasteiger partial charge in [0.1, 0.15) is 11.9 Å². The number of halogens is 1. The van der Waals surface area contributed by atoms with Crippen LogP contribution in [-0.2, 0) is 11.2 Å². The van der Waals surface area contributed by atoms with Crippen LogP contribution in [0.15, 0.2) is 46.9 Å². The number of carbonyl (C=O) groups is 2. The second-order valence-corrected chi connectivity index (χ2v) is 6.30. The Morgan fingerprint density at radius 3 is 2.83 bits per heavy atom. The summed E-state index contributed by atoms with van der Waals surface area (Å²) in [6.45, 7) is 0.391. The molecule has 3 rings (SSSR count). The van der Waals surface area contributed by atoms with Crippen molar-refractivity contribution in [3.05, 3.63) is 63.6 Å². The highest BCUT2D eigenvalue weighted by atomic mass is 79.9. The van der Waals surface area contributed by atoms with E-state index in [9.17, 15) is 9.59 Å². The molecular formula is C18H16BrNO4. The first-order valence-corrected chi connectivity index (χ1v) is 8.28. The summed E-state index contributed by atoms with van der Waals surface area (Å²) in [6.07, 6.45) is 0.482. The Morgan fingerprint density at radius 2 is 2.08 bits per heavy atom. The molecular weight excluding hydrogens is 374 g/mol. The highest BCUT2D eigenvalue weighted by molar-refractivity contribution is 9.10. The molecule has 1 N–H and O–H groups in total. The number of methoxy groups -OCH3 is 1. The van der Waals surface area contributed by atoms with Gasteiger partial charge in [0.25, 0.3) is 5.91 Å². The quantitative estimate of drug-likeness (QED) is 0.816. The van der Waals surface area contributed by atoms with Gasteiger partial charge in [-0.1, -0.05) is 12.1 Å². The molecule has 124 valence electrons. The van der Waals surface area contributed by atoms with E-state index in [2.05, 4.69) is 21.2 Å². The lowest BCUT2D eigenvalue weighted by atomic mass is 10.1. The first-order valence-electron chi connectivity index (χ1n) is 7.49. The van der Waals surface area contributed by atoms with Gasteiger partial charge in [0, 0.05) is 10.9 Å². The molecule has 0 aliphatic carbocycles. The Kier molecular flexibility index (Phi) is 4.85. The number of esters is 1. The van der Waals surface area contributed by atoms with Crippen LogP contribution < -0.4 is 10.1 Å². The van der Waals surface area contributed by atoms with Crippen molar-refractivity contribution in [1.82, 2.24) is 5.32 Å². The maximum absolute atomic E-state index is 12.2. The summed E-state index contributed by atoms with van der Waals surface area (Å²) < 4.78 is 11.3. The molecule has 24 heavy (non-hydrogen) atoms. The molecule has 0 saturated heterocycles. The van der Waals surface area contributed by atoms with E-state index in [-0.39, 0.29) is 18.0 Å². The van der Waals surface area contributed by atoms with Gasteiger partial charge in [-0.3, -0.25) is 4.79 Å². The summed E-state index contributed by atoms with van der Waals surface area (Å²) in [5.41, 5.74) is 2.02. The molecule has 0 radical (unpaired) electrons. The molecule has 5 nitrogen and oxygen atoms in total. The van der Waals surface area contributed by atoms with E-state index in [1.165, 1.54) is 7.11 Å². The van der Waals surface area contributed by atoms with Crippen molar-refractivity contribution in [3.8, 4) is 5.75 Å². The Balaban J connectivity index is 1.61. The summed E-state index contributed by atoms with van der Waals surface area (Å²) in [4.78, 5) is 23.8. The summed E-state index contributed by atoms with van der Waals surface area (Å²) in [6, 6.07) is 12.5. The zero-order valence-corrected chi connectivity index (χ0v) is 14.6. The second kappa shape index (κ2) is 7.05. The first-order chi connectivity index (χ1) is 11.6. The number of fused-ring (bicyclic) bond motifs is 1. The molecule has 0 unspecified atom stereocenters. The highest BCUT2D eigenvalue weighted by Gasteiger charge is 2.25. The molecule has 0 bridgehead atoms. The Labute approximate surface area is 148 Å². The van der Waals surface area contributed by atoms with Crippen LogP contribution >= 0.6 is 15.9 Å². The van der Waals surface area contributed by atoms with E-state index >= 15 is 0 Å². The second-order valence-electron chi connectivity index (χ2n) is 5.45. The molecule has 1 aliphatic heterocycles. The average Bonchev–Trinajstić information content (AvgIpc) is 3.01. The maximum atomic E-state index is 12.2.